The van der Waals surface area contributed by atoms with Crippen LogP contribution in [0.5, 0.6) is 0 Å². The van der Waals surface area contributed by atoms with Crippen molar-refractivity contribution in [3.8, 4) is 0 Å². The van der Waals surface area contributed by atoms with Crippen LogP contribution < -0.4 is 5.32 Å². The average Bonchev–Trinajstić information content (AvgIpc) is 2.73. The Kier molecular flexibility index (Phi) is 7.64. The van der Waals surface area contributed by atoms with Gasteiger partial charge in [-0.1, -0.05) is 42.5 Å². The molecule has 0 aromatic heterocycles. The molecule has 0 spiro atoms. The number of benzene rings is 2. The van der Waals surface area contributed by atoms with E-state index in [2.05, 4.69) is 22.3 Å². The van der Waals surface area contributed by atoms with Crippen molar-refractivity contribution in [3.05, 3.63) is 71.3 Å². The SMILES string of the molecule is CC(CCc1ccccc1)NC(=O)c1cccc(CN2CCN(S(C)(=O)=O)CC2)c1. The molecular weight excluding hydrogens is 398 g/mol. The summed E-state index contributed by atoms with van der Waals surface area (Å²) in [6.07, 6.45) is 3.08. The van der Waals surface area contributed by atoms with E-state index in [9.17, 15) is 13.2 Å². The quantitative estimate of drug-likeness (QED) is 0.700. The van der Waals surface area contributed by atoms with Gasteiger partial charge in [0.05, 0.1) is 6.26 Å². The molecule has 0 radical (unpaired) electrons. The van der Waals surface area contributed by atoms with Crippen molar-refractivity contribution in [2.45, 2.75) is 32.4 Å². The fourth-order valence-electron chi connectivity index (χ4n) is 3.70. The van der Waals surface area contributed by atoms with Crippen LogP contribution in [0, 0.1) is 0 Å². The lowest BCUT2D eigenvalue weighted by molar-refractivity contribution is 0.0938. The van der Waals surface area contributed by atoms with Gasteiger partial charge >= 0.3 is 0 Å². The molecule has 7 heteroatoms. The molecule has 1 N–H and O–H groups in total. The lowest BCUT2D eigenvalue weighted by Gasteiger charge is -2.33. The molecule has 6 nitrogen and oxygen atoms in total. The van der Waals surface area contributed by atoms with E-state index in [-0.39, 0.29) is 11.9 Å². The molecule has 2 aromatic carbocycles. The number of nitrogens with zero attached hydrogens (tertiary/aromatic N) is 2. The van der Waals surface area contributed by atoms with Crippen molar-refractivity contribution >= 4 is 15.9 Å². The summed E-state index contributed by atoms with van der Waals surface area (Å²) in [4.78, 5) is 14.9. The van der Waals surface area contributed by atoms with Gasteiger partial charge in [-0.3, -0.25) is 9.69 Å². The average molecular weight is 430 g/mol. The third-order valence-electron chi connectivity index (χ3n) is 5.48. The van der Waals surface area contributed by atoms with Gasteiger partial charge in [0.2, 0.25) is 10.0 Å². The zero-order chi connectivity index (χ0) is 21.6. The molecule has 1 aliphatic rings. The van der Waals surface area contributed by atoms with Gasteiger partial charge < -0.3 is 5.32 Å². The van der Waals surface area contributed by atoms with Crippen LogP contribution in [0.15, 0.2) is 54.6 Å². The highest BCUT2D eigenvalue weighted by Crippen LogP contribution is 2.13. The zero-order valence-corrected chi connectivity index (χ0v) is 18.6. The number of aryl methyl sites for hydroxylation is 1. The molecule has 2 aromatic rings. The van der Waals surface area contributed by atoms with Gasteiger partial charge in [0.1, 0.15) is 0 Å². The lowest BCUT2D eigenvalue weighted by atomic mass is 10.1. The summed E-state index contributed by atoms with van der Waals surface area (Å²) in [5, 5.41) is 3.09. The number of carbonyl (C=O) groups excluding carboxylic acids is 1. The highest BCUT2D eigenvalue weighted by atomic mass is 32.2. The first-order valence-corrected chi connectivity index (χ1v) is 12.3. The van der Waals surface area contributed by atoms with E-state index in [0.29, 0.717) is 38.3 Å². The van der Waals surface area contributed by atoms with E-state index < -0.39 is 10.0 Å². The predicted molar refractivity (Wildman–Crippen MR) is 120 cm³/mol. The Morgan fingerprint density at radius 1 is 1.00 bits per heavy atom. The Morgan fingerprint density at radius 3 is 2.33 bits per heavy atom. The highest BCUT2D eigenvalue weighted by molar-refractivity contribution is 7.88. The van der Waals surface area contributed by atoms with Crippen molar-refractivity contribution < 1.29 is 13.2 Å². The topological polar surface area (TPSA) is 69.7 Å². The molecule has 0 bridgehead atoms. The summed E-state index contributed by atoms with van der Waals surface area (Å²) in [6.45, 7) is 5.16. The summed E-state index contributed by atoms with van der Waals surface area (Å²) in [5.41, 5.74) is 3.00. The van der Waals surface area contributed by atoms with Crippen molar-refractivity contribution in [2.24, 2.45) is 0 Å². The third-order valence-corrected chi connectivity index (χ3v) is 6.79. The molecule has 0 saturated carbocycles. The molecule has 162 valence electrons. The number of hydrogen-bond donors (Lipinski definition) is 1. The van der Waals surface area contributed by atoms with E-state index in [1.165, 1.54) is 16.1 Å². The summed E-state index contributed by atoms with van der Waals surface area (Å²) < 4.78 is 24.8. The van der Waals surface area contributed by atoms with Crippen LogP contribution in [-0.4, -0.2) is 62.0 Å². The van der Waals surface area contributed by atoms with E-state index in [1.807, 2.05) is 49.4 Å². The number of hydrogen-bond acceptors (Lipinski definition) is 4. The standard InChI is InChI=1S/C23H31N3O3S/c1-19(11-12-20-7-4-3-5-8-20)24-23(27)22-10-6-9-21(17-22)18-25-13-15-26(16-14-25)30(2,28)29/h3-10,17,19H,11-16,18H2,1-2H3,(H,24,27). The number of amides is 1. The minimum Gasteiger partial charge on any atom is -0.350 e. The monoisotopic (exact) mass is 429 g/mol. The van der Waals surface area contributed by atoms with Gasteiger partial charge in [0.25, 0.3) is 5.91 Å². The van der Waals surface area contributed by atoms with Crippen LogP contribution in [0.25, 0.3) is 0 Å². The molecule has 30 heavy (non-hydrogen) atoms. The first-order chi connectivity index (χ1) is 14.3. The summed E-state index contributed by atoms with van der Waals surface area (Å²) in [7, 11) is -3.12. The van der Waals surface area contributed by atoms with E-state index in [0.717, 1.165) is 18.4 Å². The van der Waals surface area contributed by atoms with Gasteiger partial charge in [-0.05, 0) is 43.0 Å². The second-order valence-corrected chi connectivity index (χ2v) is 10.0. The van der Waals surface area contributed by atoms with Crippen LogP contribution in [0.1, 0.15) is 34.8 Å². The van der Waals surface area contributed by atoms with E-state index >= 15 is 0 Å². The van der Waals surface area contributed by atoms with Crippen molar-refractivity contribution in [1.82, 2.24) is 14.5 Å². The van der Waals surface area contributed by atoms with Crippen LogP contribution in [0.2, 0.25) is 0 Å². The Morgan fingerprint density at radius 2 is 1.67 bits per heavy atom. The van der Waals surface area contributed by atoms with E-state index in [1.54, 1.807) is 0 Å². The van der Waals surface area contributed by atoms with Crippen LogP contribution >= 0.6 is 0 Å². The fourth-order valence-corrected chi connectivity index (χ4v) is 4.52. The minimum atomic E-state index is -3.12. The van der Waals surface area contributed by atoms with Crippen molar-refractivity contribution in [3.63, 3.8) is 0 Å². The van der Waals surface area contributed by atoms with Crippen LogP contribution in [0.4, 0.5) is 0 Å². The molecule has 1 atom stereocenters. The summed E-state index contributed by atoms with van der Waals surface area (Å²) in [5.74, 6) is -0.0562. The van der Waals surface area contributed by atoms with Gasteiger partial charge in [-0.25, -0.2) is 8.42 Å². The summed E-state index contributed by atoms with van der Waals surface area (Å²) >= 11 is 0. The molecular formula is C23H31N3O3S. The third kappa shape index (κ3) is 6.65. The molecule has 1 saturated heterocycles. The second kappa shape index (κ2) is 10.2. The normalized spacial score (nSPS) is 16.9. The largest absolute Gasteiger partial charge is 0.350 e. The van der Waals surface area contributed by atoms with E-state index in [4.69, 9.17) is 0 Å². The molecule has 1 fully saturated rings. The van der Waals surface area contributed by atoms with Gasteiger partial charge in [0, 0.05) is 44.3 Å². The molecule has 1 heterocycles. The van der Waals surface area contributed by atoms with Crippen molar-refractivity contribution in [2.75, 3.05) is 32.4 Å². The predicted octanol–water partition coefficient (Wildman–Crippen LogP) is 2.51. The maximum Gasteiger partial charge on any atom is 0.251 e. The maximum absolute atomic E-state index is 12.7. The van der Waals surface area contributed by atoms with Gasteiger partial charge in [-0.15, -0.1) is 0 Å². The zero-order valence-electron chi connectivity index (χ0n) is 17.8. The molecule has 1 amide bonds. The Hall–Kier alpha value is -2.22. The smallest absolute Gasteiger partial charge is 0.251 e. The highest BCUT2D eigenvalue weighted by Gasteiger charge is 2.23. The van der Waals surface area contributed by atoms with Gasteiger partial charge in [0.15, 0.2) is 0 Å². The second-order valence-electron chi connectivity index (χ2n) is 8.04. The fraction of sp³-hybridized carbons (Fsp3) is 0.435. The number of sulfonamides is 1. The Labute approximate surface area is 179 Å². The molecule has 1 unspecified atom stereocenters. The summed E-state index contributed by atoms with van der Waals surface area (Å²) in [6, 6.07) is 18.1. The van der Waals surface area contributed by atoms with Crippen molar-refractivity contribution in [1.29, 1.82) is 0 Å². The molecule has 0 aliphatic carbocycles. The molecule has 1 aliphatic heterocycles. The maximum atomic E-state index is 12.7. The number of rotatable bonds is 8. The number of carbonyl (C=O) groups is 1. The Bertz CT molecular complexity index is 939. The lowest BCUT2D eigenvalue weighted by Crippen LogP contribution is -2.47. The Balaban J connectivity index is 1.50. The number of nitrogens with one attached hydrogen (secondary N) is 1. The number of piperazine rings is 1. The van der Waals surface area contributed by atoms with Gasteiger partial charge in [-0.2, -0.15) is 4.31 Å². The molecule has 3 rings (SSSR count). The minimum absolute atomic E-state index is 0.0562. The van der Waals surface area contributed by atoms with Crippen LogP contribution in [-0.2, 0) is 23.0 Å². The van der Waals surface area contributed by atoms with Crippen LogP contribution in [0.3, 0.4) is 0 Å². The first kappa shape index (κ1) is 22.5. The first-order valence-electron chi connectivity index (χ1n) is 10.4.